The predicted octanol–water partition coefficient (Wildman–Crippen LogP) is 10.1. The van der Waals surface area contributed by atoms with Crippen molar-refractivity contribution in [3.63, 3.8) is 0 Å². The van der Waals surface area contributed by atoms with E-state index >= 15 is 4.39 Å². The molecule has 4 aromatic carbocycles. The summed E-state index contributed by atoms with van der Waals surface area (Å²) in [5, 5.41) is 37.2. The van der Waals surface area contributed by atoms with Gasteiger partial charge in [-0.1, -0.05) is 87.5 Å². The number of nitrogens with zero attached hydrogens (tertiary/aromatic N) is 9. The number of aromatic nitrogens is 4. The van der Waals surface area contributed by atoms with E-state index in [2.05, 4.69) is 44.8 Å². The van der Waals surface area contributed by atoms with Gasteiger partial charge in [-0.05, 0) is 108 Å². The molecule has 6 heterocycles. The van der Waals surface area contributed by atoms with E-state index in [9.17, 15) is 29.9 Å². The van der Waals surface area contributed by atoms with Gasteiger partial charge >= 0.3 is 6.01 Å². The number of amides is 2. The number of aliphatic hydroxyl groups is 1. The molecular formula is C61H65ClFN9O8S. The van der Waals surface area contributed by atoms with Gasteiger partial charge in [0.15, 0.2) is 17.4 Å². The maximum atomic E-state index is 17.3. The lowest BCUT2D eigenvalue weighted by Gasteiger charge is -2.41. The summed E-state index contributed by atoms with van der Waals surface area (Å²) in [4.78, 5) is 63.3. The number of carbonyl (C=O) groups excluding carboxylic acids is 3. The molecule has 0 saturated carbocycles. The van der Waals surface area contributed by atoms with Crippen molar-refractivity contribution in [2.45, 2.75) is 89.8 Å². The van der Waals surface area contributed by atoms with Crippen LogP contribution in [0.5, 0.6) is 17.6 Å². The molecule has 0 aliphatic carbocycles. The Morgan fingerprint density at radius 2 is 1.77 bits per heavy atom. The topological polar surface area (TPSA) is 212 Å². The number of Topliss-reactive ketones (excluding diaryl/α,β-unsaturated/α-hetero) is 1. The average molecular weight is 1140 g/mol. The van der Waals surface area contributed by atoms with Crippen LogP contribution in [-0.2, 0) is 14.4 Å². The van der Waals surface area contributed by atoms with E-state index in [0.717, 1.165) is 47.6 Å². The van der Waals surface area contributed by atoms with Crippen molar-refractivity contribution in [1.29, 1.82) is 5.26 Å². The van der Waals surface area contributed by atoms with Crippen molar-refractivity contribution >= 4 is 68.0 Å². The number of aliphatic hydroxyl groups excluding tert-OH is 1. The number of β-amino-alcohol motifs (C(OH)–C–C–N with tert-alkyl or cyclic N) is 1. The molecule has 20 heteroatoms. The van der Waals surface area contributed by atoms with Gasteiger partial charge < -0.3 is 38.9 Å². The number of benzene rings is 4. The van der Waals surface area contributed by atoms with Crippen molar-refractivity contribution in [3.05, 3.63) is 119 Å². The monoisotopic (exact) mass is 1140 g/mol. The van der Waals surface area contributed by atoms with Crippen LogP contribution in [0.15, 0.2) is 95.5 Å². The smallest absolute Gasteiger partial charge is 0.319 e. The fourth-order valence-corrected chi connectivity index (χ4v) is 12.8. The largest absolute Gasteiger partial charge is 0.508 e. The first-order valence-corrected chi connectivity index (χ1v) is 28.8. The van der Waals surface area contributed by atoms with Crippen LogP contribution in [0.1, 0.15) is 81.7 Å². The molecule has 422 valence electrons. The molecule has 3 aliphatic heterocycles. The predicted molar refractivity (Wildman–Crippen MR) is 308 cm³/mol. The number of halogens is 2. The molecule has 3 fully saturated rings. The van der Waals surface area contributed by atoms with E-state index in [4.69, 9.17) is 30.6 Å². The van der Waals surface area contributed by atoms with E-state index in [1.54, 1.807) is 34.4 Å². The minimum absolute atomic E-state index is 0.0382. The van der Waals surface area contributed by atoms with Gasteiger partial charge in [-0.15, -0.1) is 11.3 Å². The molecule has 5 atom stereocenters. The molecule has 0 unspecified atom stereocenters. The molecule has 81 heavy (non-hydrogen) atoms. The molecule has 10 rings (SSSR count). The third-order valence-electron chi connectivity index (χ3n) is 16.0. The molecule has 0 spiro atoms. The van der Waals surface area contributed by atoms with Crippen LogP contribution in [0.4, 0.5) is 10.2 Å². The number of hydrogen-bond acceptors (Lipinski definition) is 16. The number of nitriles is 1. The number of piperazine rings is 1. The van der Waals surface area contributed by atoms with Crippen LogP contribution >= 0.6 is 22.9 Å². The highest BCUT2D eigenvalue weighted by Gasteiger charge is 2.43. The lowest BCUT2D eigenvalue weighted by molar-refractivity contribution is -0.140. The molecule has 7 aromatic rings. The van der Waals surface area contributed by atoms with E-state index in [1.165, 1.54) is 17.0 Å². The summed E-state index contributed by atoms with van der Waals surface area (Å²) in [7, 11) is 0. The van der Waals surface area contributed by atoms with Gasteiger partial charge in [-0.2, -0.15) is 15.2 Å². The number of ether oxygens (including phenoxy) is 2. The zero-order chi connectivity index (χ0) is 57.1. The van der Waals surface area contributed by atoms with Crippen molar-refractivity contribution in [3.8, 4) is 45.3 Å². The molecule has 3 aliphatic rings. The van der Waals surface area contributed by atoms with Crippen molar-refractivity contribution < 1.29 is 43.0 Å². The minimum Gasteiger partial charge on any atom is -0.508 e. The Labute approximate surface area is 478 Å². The first kappa shape index (κ1) is 56.8. The van der Waals surface area contributed by atoms with Gasteiger partial charge in [0.1, 0.15) is 29.6 Å². The first-order chi connectivity index (χ1) is 39.1. The Hall–Kier alpha value is -7.50. The Morgan fingerprint density at radius 1 is 0.988 bits per heavy atom. The van der Waals surface area contributed by atoms with Gasteiger partial charge in [0.25, 0.3) is 5.88 Å². The summed E-state index contributed by atoms with van der Waals surface area (Å²) in [6.45, 7) is 14.9. The second-order valence-corrected chi connectivity index (χ2v) is 23.0. The third-order valence-corrected chi connectivity index (χ3v) is 17.3. The van der Waals surface area contributed by atoms with Crippen LogP contribution < -0.4 is 14.4 Å². The van der Waals surface area contributed by atoms with Gasteiger partial charge in [0.2, 0.25) is 11.8 Å². The number of piperidine rings is 1. The van der Waals surface area contributed by atoms with Gasteiger partial charge in [-0.25, -0.2) is 9.37 Å². The number of fused-ring (bicyclic) bond motifs is 2. The fourth-order valence-electron chi connectivity index (χ4n) is 11.7. The Bertz CT molecular complexity index is 3510. The van der Waals surface area contributed by atoms with Crippen LogP contribution in [-0.4, -0.2) is 140 Å². The van der Waals surface area contributed by atoms with E-state index in [-0.39, 0.29) is 115 Å². The minimum atomic E-state index is -0.825. The number of aryl methyl sites for hydroxylation is 1. The third kappa shape index (κ3) is 12.3. The summed E-state index contributed by atoms with van der Waals surface area (Å²) in [6.07, 6.45) is 2.49. The standard InChI is InChI=1S/C61H65ClFN9O8S/c1-6-53(76)71-22-21-70(31-42(71)15-18-64)59-47-29-48(62)55(46-27-43(73)26-41-9-7-8-10-45(41)46)56(63)57(47)66-61(67-59)78-24-23-69-19-16-38(17-20-69)33-79-52-30-51(80-68-52)54(35(2)3)60(77)72-32-44(74)28-49(72)50(75)25-36(4)39-11-13-40(14-12-39)58-37(5)65-34-81-58/h6-14,26-27,29-30,34-36,38,42,44,49,54,73-74H,1,15-17,19-25,28,31-33H2,2-5H3/t36-,42+,44+,49+,54-/m1/s1. The van der Waals surface area contributed by atoms with Crippen LogP contribution in [0, 0.1) is 35.9 Å². The summed E-state index contributed by atoms with van der Waals surface area (Å²) < 4.78 is 35.5. The van der Waals surface area contributed by atoms with Crippen molar-refractivity contribution in [1.82, 2.24) is 34.8 Å². The zero-order valence-corrected chi connectivity index (χ0v) is 47.3. The highest BCUT2D eigenvalue weighted by molar-refractivity contribution is 7.13. The van der Waals surface area contributed by atoms with Crippen molar-refractivity contribution in [2.75, 3.05) is 63.9 Å². The number of phenolic OH excluding ortho intramolecular Hbond substituents is 1. The Kier molecular flexibility index (Phi) is 17.3. The van der Waals surface area contributed by atoms with Gasteiger partial charge in [0, 0.05) is 62.6 Å². The van der Waals surface area contributed by atoms with Gasteiger partial charge in [-0.3, -0.25) is 19.3 Å². The van der Waals surface area contributed by atoms with E-state index < -0.39 is 29.9 Å². The van der Waals surface area contributed by atoms with E-state index in [0.29, 0.717) is 53.0 Å². The van der Waals surface area contributed by atoms with Crippen molar-refractivity contribution in [2.24, 2.45) is 11.8 Å². The maximum Gasteiger partial charge on any atom is 0.319 e. The Morgan fingerprint density at radius 3 is 2.49 bits per heavy atom. The highest BCUT2D eigenvalue weighted by Crippen LogP contribution is 2.43. The van der Waals surface area contributed by atoms with Gasteiger partial charge in [0.05, 0.1) is 58.4 Å². The summed E-state index contributed by atoms with van der Waals surface area (Å²) >= 11 is 8.55. The number of aromatic hydroxyl groups is 1. The SMILES string of the molecule is C=CC(=O)N1CCN(c2nc(OCCN3CCC(COc4cc([C@H](C(=O)N5C[C@@H](O)C[C@H]5C(=O)C[C@@H](C)c5ccc(-c6scnc6C)cc5)C(C)C)on4)CC3)nc3c(F)c(-c4cc(O)cc5ccccc45)c(Cl)cc23)C[C@@H]1CC#N. The molecule has 17 nitrogen and oxygen atoms in total. The second kappa shape index (κ2) is 24.7. The summed E-state index contributed by atoms with van der Waals surface area (Å²) in [5.74, 6) is -1.36. The number of hydrogen-bond donors (Lipinski definition) is 2. The molecule has 3 saturated heterocycles. The average Bonchev–Trinajstić information content (AvgIpc) is 4.33. The molecular weight excluding hydrogens is 1070 g/mol. The maximum absolute atomic E-state index is 17.3. The van der Waals surface area contributed by atoms with Crippen LogP contribution in [0.25, 0.3) is 43.2 Å². The number of likely N-dealkylation sites (tertiary alicyclic amines) is 2. The second-order valence-electron chi connectivity index (χ2n) is 21.8. The Balaban J connectivity index is 0.763. The lowest BCUT2D eigenvalue weighted by atomic mass is 9.89. The molecule has 3 aromatic heterocycles. The number of rotatable bonds is 19. The number of anilines is 1. The quantitative estimate of drug-likeness (QED) is 0.0722. The molecule has 0 bridgehead atoms. The summed E-state index contributed by atoms with van der Waals surface area (Å²) in [5.41, 5.74) is 5.31. The number of thiazole rings is 1. The lowest BCUT2D eigenvalue weighted by Crippen LogP contribution is -2.55. The normalized spacial score (nSPS) is 18.8. The number of ketones is 1. The molecule has 0 radical (unpaired) electrons. The first-order valence-electron chi connectivity index (χ1n) is 27.5. The van der Waals surface area contributed by atoms with Crippen LogP contribution in [0.2, 0.25) is 5.02 Å². The number of phenols is 1. The number of carbonyl (C=O) groups is 3. The summed E-state index contributed by atoms with van der Waals surface area (Å²) in [6, 6.07) is 22.7. The molecule has 2 amide bonds. The molecule has 2 N–H and O–H groups in total. The highest BCUT2D eigenvalue weighted by atomic mass is 35.5. The van der Waals surface area contributed by atoms with Crippen LogP contribution in [0.3, 0.4) is 0 Å². The zero-order valence-electron chi connectivity index (χ0n) is 45.8. The fraction of sp³-hybridized carbons (Fsp3) is 0.410. The van der Waals surface area contributed by atoms with E-state index in [1.807, 2.05) is 74.5 Å².